The first-order chi connectivity index (χ1) is 8.64. The van der Waals surface area contributed by atoms with Gasteiger partial charge in [-0.3, -0.25) is 0 Å². The molecule has 1 aromatic rings. The molecular weight excluding hydrogens is 218 g/mol. The van der Waals surface area contributed by atoms with Crippen LogP contribution in [-0.4, -0.2) is 12.6 Å². The van der Waals surface area contributed by atoms with Crippen molar-refractivity contribution >= 4 is 0 Å². The van der Waals surface area contributed by atoms with Gasteiger partial charge in [-0.25, -0.2) is 0 Å². The minimum atomic E-state index is 0.215. The van der Waals surface area contributed by atoms with Crippen molar-refractivity contribution < 1.29 is 0 Å². The zero-order chi connectivity index (χ0) is 13.0. The van der Waals surface area contributed by atoms with E-state index in [1.165, 1.54) is 31.2 Å². The van der Waals surface area contributed by atoms with E-state index in [-0.39, 0.29) is 5.41 Å². The van der Waals surface area contributed by atoms with E-state index in [2.05, 4.69) is 56.4 Å². The van der Waals surface area contributed by atoms with Crippen molar-refractivity contribution in [2.24, 2.45) is 5.92 Å². The molecule has 1 aliphatic carbocycles. The van der Waals surface area contributed by atoms with Crippen LogP contribution in [0.5, 0.6) is 0 Å². The van der Waals surface area contributed by atoms with Crippen molar-refractivity contribution in [2.45, 2.75) is 57.9 Å². The van der Waals surface area contributed by atoms with E-state index in [0.717, 1.165) is 12.5 Å². The molecule has 0 saturated heterocycles. The van der Waals surface area contributed by atoms with Gasteiger partial charge in [-0.05, 0) is 24.4 Å². The summed E-state index contributed by atoms with van der Waals surface area (Å²) in [6.07, 6.45) is 5.64. The highest BCUT2D eigenvalue weighted by Gasteiger charge is 2.33. The van der Waals surface area contributed by atoms with Crippen LogP contribution in [0.1, 0.15) is 52.0 Å². The maximum absolute atomic E-state index is 3.72. The monoisotopic (exact) mass is 245 g/mol. The molecule has 1 nitrogen and oxygen atoms in total. The van der Waals surface area contributed by atoms with Gasteiger partial charge in [-0.1, -0.05) is 70.4 Å². The summed E-state index contributed by atoms with van der Waals surface area (Å²) in [4.78, 5) is 0. The Labute approximate surface area is 112 Å². The van der Waals surface area contributed by atoms with Crippen molar-refractivity contribution in [3.63, 3.8) is 0 Å². The summed E-state index contributed by atoms with van der Waals surface area (Å²) in [5, 5.41) is 3.72. The van der Waals surface area contributed by atoms with E-state index in [1.807, 2.05) is 0 Å². The fourth-order valence-corrected chi connectivity index (χ4v) is 3.01. The van der Waals surface area contributed by atoms with Crippen LogP contribution < -0.4 is 5.32 Å². The Bertz CT molecular complexity index is 351. The predicted octanol–water partition coefficient (Wildman–Crippen LogP) is 4.13. The van der Waals surface area contributed by atoms with Gasteiger partial charge in [-0.15, -0.1) is 0 Å². The zero-order valence-electron chi connectivity index (χ0n) is 12.1. The Balaban J connectivity index is 2.11. The minimum absolute atomic E-state index is 0.215. The molecule has 1 fully saturated rings. The molecule has 0 spiro atoms. The molecule has 100 valence electrons. The number of likely N-dealkylation sites (N-methyl/N-ethyl adjacent to an activating group) is 1. The van der Waals surface area contributed by atoms with Crippen LogP contribution in [-0.2, 0) is 5.41 Å². The van der Waals surface area contributed by atoms with Crippen molar-refractivity contribution in [3.8, 4) is 0 Å². The molecule has 0 heterocycles. The Morgan fingerprint density at radius 3 is 2.39 bits per heavy atom. The van der Waals surface area contributed by atoms with Crippen LogP contribution in [0, 0.1) is 5.92 Å². The molecule has 0 radical (unpaired) electrons. The predicted molar refractivity (Wildman–Crippen MR) is 78.9 cm³/mol. The van der Waals surface area contributed by atoms with E-state index in [9.17, 15) is 0 Å². The highest BCUT2D eigenvalue weighted by molar-refractivity contribution is 5.25. The molecule has 1 aliphatic rings. The quantitative estimate of drug-likeness (QED) is 0.794. The van der Waals surface area contributed by atoms with Gasteiger partial charge in [0.1, 0.15) is 0 Å². The molecule has 1 unspecified atom stereocenters. The second kappa shape index (κ2) is 5.88. The fourth-order valence-electron chi connectivity index (χ4n) is 3.01. The smallest absolute Gasteiger partial charge is 0.0161 e. The molecule has 1 saturated carbocycles. The summed E-state index contributed by atoms with van der Waals surface area (Å²) in [5.41, 5.74) is 1.67. The Morgan fingerprint density at radius 2 is 1.89 bits per heavy atom. The first kappa shape index (κ1) is 13.6. The third-order valence-electron chi connectivity index (χ3n) is 4.63. The molecule has 0 bridgehead atoms. The van der Waals surface area contributed by atoms with Gasteiger partial charge in [0.25, 0.3) is 0 Å². The van der Waals surface area contributed by atoms with E-state index >= 15 is 0 Å². The number of benzene rings is 1. The molecule has 1 atom stereocenters. The minimum Gasteiger partial charge on any atom is -0.313 e. The van der Waals surface area contributed by atoms with Crippen molar-refractivity contribution in [2.75, 3.05) is 6.54 Å². The summed E-state index contributed by atoms with van der Waals surface area (Å²) >= 11 is 0. The van der Waals surface area contributed by atoms with E-state index in [0.29, 0.717) is 6.04 Å². The van der Waals surface area contributed by atoms with Gasteiger partial charge >= 0.3 is 0 Å². The lowest BCUT2D eigenvalue weighted by atomic mass is 9.71. The summed E-state index contributed by atoms with van der Waals surface area (Å²) in [6.45, 7) is 8.05. The maximum atomic E-state index is 3.72. The average molecular weight is 245 g/mol. The summed E-state index contributed by atoms with van der Waals surface area (Å²) in [6, 6.07) is 11.5. The number of hydrogen-bond acceptors (Lipinski definition) is 1. The third-order valence-corrected chi connectivity index (χ3v) is 4.63. The number of hydrogen-bond donors (Lipinski definition) is 1. The van der Waals surface area contributed by atoms with Gasteiger partial charge in [0.05, 0.1) is 0 Å². The number of rotatable bonds is 6. The highest BCUT2D eigenvalue weighted by Crippen LogP contribution is 2.36. The first-order valence-corrected chi connectivity index (χ1v) is 7.43. The Morgan fingerprint density at radius 1 is 1.22 bits per heavy atom. The van der Waals surface area contributed by atoms with Gasteiger partial charge in [-0.2, -0.15) is 0 Å². The third kappa shape index (κ3) is 2.95. The second-order valence-electron chi connectivity index (χ2n) is 6.23. The van der Waals surface area contributed by atoms with E-state index < -0.39 is 0 Å². The number of nitrogens with one attached hydrogen (secondary N) is 1. The van der Waals surface area contributed by atoms with Crippen LogP contribution in [0.15, 0.2) is 30.3 Å². The van der Waals surface area contributed by atoms with Gasteiger partial charge in [0, 0.05) is 11.5 Å². The SMILES string of the molecule is CCNC(CC1CCC1)C(C)(C)c1ccccc1. The molecule has 0 amide bonds. The van der Waals surface area contributed by atoms with E-state index in [4.69, 9.17) is 0 Å². The van der Waals surface area contributed by atoms with Crippen molar-refractivity contribution in [1.29, 1.82) is 0 Å². The van der Waals surface area contributed by atoms with Crippen LogP contribution in [0.25, 0.3) is 0 Å². The molecule has 1 heteroatoms. The molecule has 0 aliphatic heterocycles. The van der Waals surface area contributed by atoms with Crippen LogP contribution in [0.4, 0.5) is 0 Å². The van der Waals surface area contributed by atoms with Gasteiger partial charge < -0.3 is 5.32 Å². The van der Waals surface area contributed by atoms with Gasteiger partial charge in [0.2, 0.25) is 0 Å². The van der Waals surface area contributed by atoms with Crippen molar-refractivity contribution in [3.05, 3.63) is 35.9 Å². The van der Waals surface area contributed by atoms with Crippen LogP contribution in [0.2, 0.25) is 0 Å². The maximum Gasteiger partial charge on any atom is 0.0161 e. The van der Waals surface area contributed by atoms with E-state index in [1.54, 1.807) is 0 Å². The molecule has 2 rings (SSSR count). The molecule has 0 aromatic heterocycles. The lowest BCUT2D eigenvalue weighted by molar-refractivity contribution is 0.216. The Hall–Kier alpha value is -0.820. The summed E-state index contributed by atoms with van der Waals surface area (Å²) < 4.78 is 0. The highest BCUT2D eigenvalue weighted by atomic mass is 14.9. The Kier molecular flexibility index (Phi) is 4.45. The standard InChI is InChI=1S/C17H27N/c1-4-18-16(13-14-9-8-10-14)17(2,3)15-11-6-5-7-12-15/h5-7,11-12,14,16,18H,4,8-10,13H2,1-3H3. The first-order valence-electron chi connectivity index (χ1n) is 7.43. The van der Waals surface area contributed by atoms with Crippen molar-refractivity contribution in [1.82, 2.24) is 5.32 Å². The summed E-state index contributed by atoms with van der Waals surface area (Å²) in [7, 11) is 0. The largest absolute Gasteiger partial charge is 0.313 e. The molecule has 1 N–H and O–H groups in total. The second-order valence-corrected chi connectivity index (χ2v) is 6.23. The fraction of sp³-hybridized carbons (Fsp3) is 0.647. The normalized spacial score (nSPS) is 18.4. The summed E-state index contributed by atoms with van der Waals surface area (Å²) in [5.74, 6) is 0.956. The van der Waals surface area contributed by atoms with Gasteiger partial charge in [0.15, 0.2) is 0 Å². The molecule has 18 heavy (non-hydrogen) atoms. The zero-order valence-corrected chi connectivity index (χ0v) is 12.1. The van der Waals surface area contributed by atoms with Crippen LogP contribution >= 0.6 is 0 Å². The molecular formula is C17H27N. The lowest BCUT2D eigenvalue weighted by Gasteiger charge is -2.40. The molecule has 1 aromatic carbocycles. The van der Waals surface area contributed by atoms with Crippen LogP contribution in [0.3, 0.4) is 0 Å². The average Bonchev–Trinajstić information content (AvgIpc) is 2.33. The lowest BCUT2D eigenvalue weighted by Crippen LogP contribution is -2.46. The topological polar surface area (TPSA) is 12.0 Å².